The highest BCUT2D eigenvalue weighted by Crippen LogP contribution is 2.36. The fourth-order valence-corrected chi connectivity index (χ4v) is 2.65. The van der Waals surface area contributed by atoms with Crippen LogP contribution in [0, 0.1) is 0 Å². The van der Waals surface area contributed by atoms with Crippen LogP contribution in [0.15, 0.2) is 21.8 Å². The zero-order valence-corrected chi connectivity index (χ0v) is 9.27. The van der Waals surface area contributed by atoms with Gasteiger partial charge in [-0.05, 0) is 15.9 Å². The number of thioether (sulfide) groups is 1. The third-order valence-electron chi connectivity index (χ3n) is 1.77. The Kier molecular flexibility index (Phi) is 2.76. The van der Waals surface area contributed by atoms with E-state index in [2.05, 4.69) is 20.9 Å². The van der Waals surface area contributed by atoms with Gasteiger partial charge in [0.1, 0.15) is 0 Å². The van der Waals surface area contributed by atoms with Crippen molar-refractivity contribution in [3.8, 4) is 0 Å². The zero-order chi connectivity index (χ0) is 9.26. The molecule has 0 spiro atoms. The fraction of sp³-hybridized carbons (Fsp3) is 0.375. The molecular weight excluding hydrogens is 252 g/mol. The molecule has 1 saturated heterocycles. The molecule has 0 atom stereocenters. The summed E-state index contributed by atoms with van der Waals surface area (Å²) in [5, 5.41) is 0.543. The van der Waals surface area contributed by atoms with Gasteiger partial charge in [-0.15, -0.1) is 11.8 Å². The number of aromatic nitrogens is 1. The number of halogens is 1. The molecule has 0 saturated carbocycles. The van der Waals surface area contributed by atoms with Gasteiger partial charge in [0, 0.05) is 11.1 Å². The Hall–Kier alpha value is -0.260. The van der Waals surface area contributed by atoms with Crippen molar-refractivity contribution in [2.75, 3.05) is 18.9 Å². The van der Waals surface area contributed by atoms with Crippen LogP contribution in [0.4, 0.5) is 5.69 Å². The number of rotatable bonds is 2. The van der Waals surface area contributed by atoms with E-state index in [4.69, 9.17) is 10.5 Å². The molecule has 0 radical (unpaired) electrons. The molecule has 1 aliphatic rings. The number of pyridine rings is 1. The molecule has 0 unspecified atom stereocenters. The Morgan fingerprint density at radius 1 is 1.54 bits per heavy atom. The summed E-state index contributed by atoms with van der Waals surface area (Å²) >= 11 is 5.17. The molecule has 1 aromatic heterocycles. The summed E-state index contributed by atoms with van der Waals surface area (Å²) in [6, 6.07) is 0. The lowest BCUT2D eigenvalue weighted by Crippen LogP contribution is -2.30. The van der Waals surface area contributed by atoms with E-state index in [1.807, 2.05) is 0 Å². The van der Waals surface area contributed by atoms with Crippen LogP contribution in [0.1, 0.15) is 0 Å². The first-order valence-corrected chi connectivity index (χ1v) is 5.58. The van der Waals surface area contributed by atoms with E-state index in [0.717, 1.165) is 28.3 Å². The molecule has 5 heteroatoms. The highest BCUT2D eigenvalue weighted by Gasteiger charge is 2.21. The predicted molar refractivity (Wildman–Crippen MR) is 56.8 cm³/mol. The van der Waals surface area contributed by atoms with Gasteiger partial charge in [0.25, 0.3) is 0 Å². The minimum atomic E-state index is 0.543. The molecule has 0 aromatic carbocycles. The van der Waals surface area contributed by atoms with Crippen molar-refractivity contribution >= 4 is 33.4 Å². The number of nitrogens with two attached hydrogens (primary N) is 1. The summed E-state index contributed by atoms with van der Waals surface area (Å²) in [4.78, 5) is 5.05. The maximum Gasteiger partial charge on any atom is 0.0650 e. The average Bonchev–Trinajstić information content (AvgIpc) is 2.00. The van der Waals surface area contributed by atoms with Crippen molar-refractivity contribution in [3.05, 3.63) is 16.9 Å². The van der Waals surface area contributed by atoms with Gasteiger partial charge in [0.05, 0.1) is 34.8 Å². The van der Waals surface area contributed by atoms with Crippen LogP contribution in [-0.4, -0.2) is 23.4 Å². The van der Waals surface area contributed by atoms with Gasteiger partial charge in [0.2, 0.25) is 0 Å². The molecule has 70 valence electrons. The number of nitrogens with zero attached hydrogens (tertiary/aromatic N) is 1. The van der Waals surface area contributed by atoms with E-state index in [-0.39, 0.29) is 0 Å². The fourth-order valence-electron chi connectivity index (χ4n) is 1.01. The molecule has 1 aliphatic heterocycles. The SMILES string of the molecule is Nc1cncc(Br)c1SC1COC1. The lowest BCUT2D eigenvalue weighted by Gasteiger charge is -2.25. The topological polar surface area (TPSA) is 48.1 Å². The van der Waals surface area contributed by atoms with Crippen LogP contribution in [0.3, 0.4) is 0 Å². The van der Waals surface area contributed by atoms with E-state index in [0.29, 0.717) is 5.25 Å². The first-order chi connectivity index (χ1) is 6.27. The van der Waals surface area contributed by atoms with Crippen molar-refractivity contribution in [3.63, 3.8) is 0 Å². The van der Waals surface area contributed by atoms with Gasteiger partial charge in [-0.2, -0.15) is 0 Å². The number of ether oxygens (including phenoxy) is 1. The van der Waals surface area contributed by atoms with E-state index < -0.39 is 0 Å². The standard InChI is InChI=1S/C8H9BrN2OS/c9-6-1-11-2-7(10)8(6)13-5-3-12-4-5/h1-2,5H,3-4,10H2. The van der Waals surface area contributed by atoms with E-state index in [9.17, 15) is 0 Å². The minimum absolute atomic E-state index is 0.543. The second-order valence-corrected chi connectivity index (χ2v) is 4.98. The van der Waals surface area contributed by atoms with Crippen molar-refractivity contribution in [1.82, 2.24) is 4.98 Å². The van der Waals surface area contributed by atoms with E-state index in [1.54, 1.807) is 24.2 Å². The molecule has 2 heterocycles. The summed E-state index contributed by atoms with van der Waals surface area (Å²) in [7, 11) is 0. The number of hydrogen-bond donors (Lipinski definition) is 1. The first-order valence-electron chi connectivity index (χ1n) is 3.91. The van der Waals surface area contributed by atoms with Gasteiger partial charge in [-0.3, -0.25) is 4.98 Å². The first kappa shape index (κ1) is 9.30. The van der Waals surface area contributed by atoms with Gasteiger partial charge in [0.15, 0.2) is 0 Å². The minimum Gasteiger partial charge on any atom is -0.397 e. The summed E-state index contributed by atoms with van der Waals surface area (Å²) < 4.78 is 6.06. The van der Waals surface area contributed by atoms with Crippen molar-refractivity contribution < 1.29 is 4.74 Å². The van der Waals surface area contributed by atoms with Crippen LogP contribution in [0.5, 0.6) is 0 Å². The summed E-state index contributed by atoms with van der Waals surface area (Å²) in [5.74, 6) is 0. The highest BCUT2D eigenvalue weighted by atomic mass is 79.9. The maximum absolute atomic E-state index is 5.79. The molecule has 1 aromatic rings. The van der Waals surface area contributed by atoms with Crippen LogP contribution < -0.4 is 5.73 Å². The van der Waals surface area contributed by atoms with Gasteiger partial charge in [-0.25, -0.2) is 0 Å². The third-order valence-corrected chi connectivity index (χ3v) is 3.93. The second-order valence-electron chi connectivity index (χ2n) is 2.82. The number of anilines is 1. The molecule has 0 amide bonds. The average molecular weight is 261 g/mol. The molecule has 13 heavy (non-hydrogen) atoms. The molecule has 2 N–H and O–H groups in total. The monoisotopic (exact) mass is 260 g/mol. The Balaban J connectivity index is 2.17. The van der Waals surface area contributed by atoms with Crippen molar-refractivity contribution in [2.45, 2.75) is 10.1 Å². The molecule has 2 rings (SSSR count). The predicted octanol–water partition coefficient (Wildman–Crippen LogP) is 1.92. The maximum atomic E-state index is 5.79. The smallest absolute Gasteiger partial charge is 0.0650 e. The largest absolute Gasteiger partial charge is 0.397 e. The number of hydrogen-bond acceptors (Lipinski definition) is 4. The molecule has 3 nitrogen and oxygen atoms in total. The molecule has 0 bridgehead atoms. The van der Waals surface area contributed by atoms with Gasteiger partial charge >= 0.3 is 0 Å². The summed E-state index contributed by atoms with van der Waals surface area (Å²) in [5.41, 5.74) is 6.52. The normalized spacial score (nSPS) is 17.0. The van der Waals surface area contributed by atoms with Crippen LogP contribution in [0.2, 0.25) is 0 Å². The molecule has 1 fully saturated rings. The summed E-state index contributed by atoms with van der Waals surface area (Å²) in [6.07, 6.45) is 3.44. The Labute approximate surface area is 89.2 Å². The van der Waals surface area contributed by atoms with Crippen molar-refractivity contribution in [1.29, 1.82) is 0 Å². The third kappa shape index (κ3) is 1.98. The van der Waals surface area contributed by atoms with Crippen LogP contribution in [0.25, 0.3) is 0 Å². The quantitative estimate of drug-likeness (QED) is 0.883. The summed E-state index contributed by atoms with van der Waals surface area (Å²) in [6.45, 7) is 1.64. The second kappa shape index (κ2) is 3.86. The lowest BCUT2D eigenvalue weighted by molar-refractivity contribution is 0.0455. The van der Waals surface area contributed by atoms with Gasteiger partial charge < -0.3 is 10.5 Å². The lowest BCUT2D eigenvalue weighted by atomic mass is 10.4. The van der Waals surface area contributed by atoms with Crippen molar-refractivity contribution in [2.24, 2.45) is 0 Å². The van der Waals surface area contributed by atoms with Gasteiger partial charge in [-0.1, -0.05) is 0 Å². The number of nitrogen functional groups attached to an aromatic ring is 1. The Bertz CT molecular complexity index is 297. The van der Waals surface area contributed by atoms with Crippen LogP contribution in [-0.2, 0) is 4.74 Å². The zero-order valence-electron chi connectivity index (χ0n) is 6.87. The van der Waals surface area contributed by atoms with Crippen LogP contribution >= 0.6 is 27.7 Å². The van der Waals surface area contributed by atoms with E-state index >= 15 is 0 Å². The highest BCUT2D eigenvalue weighted by molar-refractivity contribution is 9.10. The molecule has 0 aliphatic carbocycles. The van der Waals surface area contributed by atoms with E-state index in [1.165, 1.54) is 0 Å². The Morgan fingerprint density at radius 2 is 2.31 bits per heavy atom. The molecular formula is C8H9BrN2OS. The Morgan fingerprint density at radius 3 is 2.85 bits per heavy atom.